The van der Waals surface area contributed by atoms with E-state index in [9.17, 15) is 0 Å². The van der Waals surface area contributed by atoms with Crippen LogP contribution in [-0.4, -0.2) is 34.2 Å². The van der Waals surface area contributed by atoms with Crippen LogP contribution in [0.25, 0.3) is 56.0 Å². The fraction of sp³-hybridized carbons (Fsp3) is 0.0714. The summed E-state index contributed by atoms with van der Waals surface area (Å²) in [5.74, 6) is 3.32. The normalized spacial score (nSPS) is 11.2. The van der Waals surface area contributed by atoms with E-state index in [4.69, 9.17) is 19.4 Å². The van der Waals surface area contributed by atoms with Crippen LogP contribution in [0.3, 0.4) is 0 Å². The maximum absolute atomic E-state index is 5.25. The first-order valence-corrected chi connectivity index (χ1v) is 11.0. The van der Waals surface area contributed by atoms with E-state index in [1.165, 1.54) is 0 Å². The maximum atomic E-state index is 5.25. The quantitative estimate of drug-likeness (QED) is 0.319. The Morgan fingerprint density at radius 2 is 0.882 bits per heavy atom. The molecule has 0 aliphatic carbocycles. The third-order valence-corrected chi connectivity index (χ3v) is 6.02. The van der Waals surface area contributed by atoms with Crippen molar-refractivity contribution in [3.63, 3.8) is 0 Å². The van der Waals surface area contributed by atoms with Crippen LogP contribution in [0.15, 0.2) is 84.9 Å². The number of hydrogen-bond donors (Lipinski definition) is 2. The number of nitrogens with one attached hydrogen (secondary N) is 2. The van der Waals surface area contributed by atoms with E-state index in [-0.39, 0.29) is 0 Å². The molecular formula is C28H22N4O2. The average molecular weight is 447 g/mol. The van der Waals surface area contributed by atoms with Gasteiger partial charge in [-0.3, -0.25) is 0 Å². The van der Waals surface area contributed by atoms with Crippen molar-refractivity contribution in [1.82, 2.24) is 19.9 Å². The second-order valence-electron chi connectivity index (χ2n) is 8.09. The molecule has 34 heavy (non-hydrogen) atoms. The highest BCUT2D eigenvalue weighted by molar-refractivity contribution is 5.88. The number of rotatable bonds is 5. The molecule has 0 saturated carbocycles. The Morgan fingerprint density at radius 1 is 0.500 bits per heavy atom. The van der Waals surface area contributed by atoms with Gasteiger partial charge < -0.3 is 19.4 Å². The zero-order valence-corrected chi connectivity index (χ0v) is 18.8. The predicted molar refractivity (Wildman–Crippen MR) is 135 cm³/mol. The Balaban J connectivity index is 1.33. The smallest absolute Gasteiger partial charge is 0.138 e. The van der Waals surface area contributed by atoms with Crippen LogP contribution in [-0.2, 0) is 0 Å². The average Bonchev–Trinajstić information content (AvgIpc) is 3.52. The minimum absolute atomic E-state index is 0.825. The van der Waals surface area contributed by atoms with E-state index in [0.29, 0.717) is 0 Å². The summed E-state index contributed by atoms with van der Waals surface area (Å²) in [5, 5.41) is 0. The lowest BCUT2D eigenvalue weighted by Gasteiger charge is -2.02. The van der Waals surface area contributed by atoms with Gasteiger partial charge in [0.2, 0.25) is 0 Å². The lowest BCUT2D eigenvalue weighted by Crippen LogP contribution is -1.83. The molecule has 0 aliphatic heterocycles. The first-order valence-electron chi connectivity index (χ1n) is 11.0. The van der Waals surface area contributed by atoms with Crippen molar-refractivity contribution < 1.29 is 9.47 Å². The maximum Gasteiger partial charge on any atom is 0.138 e. The summed E-state index contributed by atoms with van der Waals surface area (Å²) in [6, 6.07) is 28.3. The molecule has 0 saturated heterocycles. The Labute approximate surface area is 196 Å². The van der Waals surface area contributed by atoms with Crippen molar-refractivity contribution in [3.8, 4) is 45.4 Å². The molecule has 0 amide bonds. The molecule has 0 radical (unpaired) electrons. The summed E-state index contributed by atoms with van der Waals surface area (Å²) < 4.78 is 10.5. The van der Waals surface area contributed by atoms with Crippen LogP contribution in [0, 0.1) is 0 Å². The predicted octanol–water partition coefficient (Wildman–Crippen LogP) is 6.46. The number of hydrogen-bond acceptors (Lipinski definition) is 4. The minimum atomic E-state index is 0.825. The standard InChI is InChI=1S/C28H22N4O2/c1-33-21-9-3-17(4-10-21)27-29-23-13-7-19(15-25(23)31-27)20-8-14-24-26(16-20)32-28(30-24)18-5-11-22(34-2)12-6-18/h3-16H,1-2H3,(H,29,31)(H,30,32). The molecular weight excluding hydrogens is 424 g/mol. The van der Waals surface area contributed by atoms with Crippen molar-refractivity contribution in [2.75, 3.05) is 14.2 Å². The van der Waals surface area contributed by atoms with Crippen molar-refractivity contribution >= 4 is 22.1 Å². The Kier molecular flexibility index (Phi) is 4.77. The summed E-state index contributed by atoms with van der Waals surface area (Å²) in [5.41, 5.74) is 8.10. The van der Waals surface area contributed by atoms with E-state index >= 15 is 0 Å². The van der Waals surface area contributed by atoms with Gasteiger partial charge in [0.05, 0.1) is 36.3 Å². The van der Waals surface area contributed by atoms with Crippen molar-refractivity contribution in [2.45, 2.75) is 0 Å². The van der Waals surface area contributed by atoms with Gasteiger partial charge in [0, 0.05) is 11.1 Å². The van der Waals surface area contributed by atoms with Gasteiger partial charge in [-0.15, -0.1) is 0 Å². The second kappa shape index (κ2) is 8.08. The summed E-state index contributed by atoms with van der Waals surface area (Å²) in [4.78, 5) is 16.4. The molecule has 6 nitrogen and oxygen atoms in total. The number of benzene rings is 4. The van der Waals surface area contributed by atoms with Gasteiger partial charge in [0.15, 0.2) is 0 Å². The highest BCUT2D eigenvalue weighted by Gasteiger charge is 2.10. The lowest BCUT2D eigenvalue weighted by molar-refractivity contribution is 0.415. The number of ether oxygens (including phenoxy) is 2. The van der Waals surface area contributed by atoms with Gasteiger partial charge in [0.25, 0.3) is 0 Å². The summed E-state index contributed by atoms with van der Waals surface area (Å²) >= 11 is 0. The van der Waals surface area contributed by atoms with Crippen molar-refractivity contribution in [1.29, 1.82) is 0 Å². The zero-order chi connectivity index (χ0) is 23.1. The molecule has 6 aromatic rings. The molecule has 2 aromatic heterocycles. The molecule has 0 atom stereocenters. The molecule has 0 aliphatic rings. The number of imidazole rings is 2. The molecule has 2 N–H and O–H groups in total. The van der Waals surface area contributed by atoms with Gasteiger partial charge in [0.1, 0.15) is 23.1 Å². The first kappa shape index (κ1) is 20.1. The van der Waals surface area contributed by atoms with Crippen LogP contribution in [0.4, 0.5) is 0 Å². The number of H-pyrrole nitrogens is 2. The summed E-state index contributed by atoms with van der Waals surface area (Å²) in [6.45, 7) is 0. The summed E-state index contributed by atoms with van der Waals surface area (Å²) in [7, 11) is 3.33. The number of methoxy groups -OCH3 is 2. The van der Waals surface area contributed by atoms with Crippen molar-refractivity contribution in [3.05, 3.63) is 84.9 Å². The van der Waals surface area contributed by atoms with Gasteiger partial charge in [-0.1, -0.05) is 12.1 Å². The highest BCUT2D eigenvalue weighted by atomic mass is 16.5. The molecule has 6 heteroatoms. The molecule has 166 valence electrons. The molecule has 0 unspecified atom stereocenters. The van der Waals surface area contributed by atoms with Gasteiger partial charge >= 0.3 is 0 Å². The third-order valence-electron chi connectivity index (χ3n) is 6.02. The van der Waals surface area contributed by atoms with E-state index in [2.05, 4.69) is 34.2 Å². The monoisotopic (exact) mass is 446 g/mol. The van der Waals surface area contributed by atoms with E-state index in [1.807, 2.05) is 60.7 Å². The van der Waals surface area contributed by atoms with Gasteiger partial charge in [-0.05, 0) is 83.9 Å². The van der Waals surface area contributed by atoms with E-state index in [1.54, 1.807) is 14.2 Å². The largest absolute Gasteiger partial charge is 0.497 e. The van der Waals surface area contributed by atoms with Gasteiger partial charge in [-0.25, -0.2) is 9.97 Å². The molecule has 0 fully saturated rings. The molecule has 0 bridgehead atoms. The fourth-order valence-corrected chi connectivity index (χ4v) is 4.15. The number of aromatic nitrogens is 4. The molecule has 2 heterocycles. The zero-order valence-electron chi connectivity index (χ0n) is 18.8. The molecule has 4 aromatic carbocycles. The second-order valence-corrected chi connectivity index (χ2v) is 8.09. The minimum Gasteiger partial charge on any atom is -0.497 e. The number of fused-ring (bicyclic) bond motifs is 2. The Bertz CT molecular complexity index is 1490. The number of nitrogens with zero attached hydrogens (tertiary/aromatic N) is 2. The third kappa shape index (κ3) is 3.55. The van der Waals surface area contributed by atoms with E-state index in [0.717, 1.165) is 67.5 Å². The van der Waals surface area contributed by atoms with E-state index < -0.39 is 0 Å². The Hall–Kier alpha value is -4.58. The van der Waals surface area contributed by atoms with Crippen molar-refractivity contribution in [2.24, 2.45) is 0 Å². The van der Waals surface area contributed by atoms with Crippen LogP contribution >= 0.6 is 0 Å². The first-order chi connectivity index (χ1) is 16.7. The van der Waals surface area contributed by atoms with Crippen LogP contribution in [0.5, 0.6) is 11.5 Å². The Morgan fingerprint density at radius 3 is 1.26 bits per heavy atom. The van der Waals surface area contributed by atoms with Crippen LogP contribution < -0.4 is 9.47 Å². The van der Waals surface area contributed by atoms with Crippen LogP contribution in [0.1, 0.15) is 0 Å². The lowest BCUT2D eigenvalue weighted by atomic mass is 10.0. The SMILES string of the molecule is COc1ccc(-c2nc3ccc(-c4ccc5nc(-c6ccc(OC)cc6)[nH]c5c4)cc3[nH]2)cc1. The number of aromatic amines is 2. The highest BCUT2D eigenvalue weighted by Crippen LogP contribution is 2.30. The molecule has 0 spiro atoms. The van der Waals surface area contributed by atoms with Crippen LogP contribution in [0.2, 0.25) is 0 Å². The molecule has 6 rings (SSSR count). The topological polar surface area (TPSA) is 75.8 Å². The summed E-state index contributed by atoms with van der Waals surface area (Å²) in [6.07, 6.45) is 0. The fourth-order valence-electron chi connectivity index (χ4n) is 4.15. The van der Waals surface area contributed by atoms with Gasteiger partial charge in [-0.2, -0.15) is 0 Å².